The molecule has 0 fully saturated rings. The lowest BCUT2D eigenvalue weighted by Gasteiger charge is -2.15. The van der Waals surface area contributed by atoms with E-state index >= 15 is 0 Å². The summed E-state index contributed by atoms with van der Waals surface area (Å²) in [5, 5.41) is 2.71. The van der Waals surface area contributed by atoms with Crippen molar-refractivity contribution in [1.29, 1.82) is 0 Å². The third-order valence-electron chi connectivity index (χ3n) is 3.40. The van der Waals surface area contributed by atoms with Crippen LogP contribution in [0.2, 0.25) is 0 Å². The number of nitrogens with one attached hydrogen (secondary N) is 2. The van der Waals surface area contributed by atoms with Gasteiger partial charge in [-0.2, -0.15) is 0 Å². The molecule has 8 heteroatoms. The molecule has 0 radical (unpaired) electrons. The van der Waals surface area contributed by atoms with Crippen molar-refractivity contribution in [2.75, 3.05) is 33.7 Å². The largest absolute Gasteiger partial charge is 0.350 e. The number of rotatable bonds is 6. The van der Waals surface area contributed by atoms with Crippen LogP contribution in [0.15, 0.2) is 29.2 Å². The Kier molecular flexibility index (Phi) is 4.82. The quantitative estimate of drug-likeness (QED) is 0.665. The Morgan fingerprint density at radius 2 is 1.95 bits per heavy atom. The van der Waals surface area contributed by atoms with Gasteiger partial charge < -0.3 is 10.2 Å². The molecule has 22 heavy (non-hydrogen) atoms. The van der Waals surface area contributed by atoms with E-state index in [0.717, 1.165) is 10.8 Å². The molecule has 0 aliphatic carbocycles. The lowest BCUT2D eigenvalue weighted by atomic mass is 10.2. The average Bonchev–Trinajstić information content (AvgIpc) is 2.65. The Balaban J connectivity index is 1.97. The summed E-state index contributed by atoms with van der Waals surface area (Å²) in [6.45, 7) is 1.15. The number of likely N-dealkylation sites (N-methyl/N-ethyl adjacent to an activating group) is 1. The second-order valence-electron chi connectivity index (χ2n) is 5.44. The zero-order valence-corrected chi connectivity index (χ0v) is 13.4. The number of hydrogen-bond donors (Lipinski definition) is 2. The molecule has 7 nitrogen and oxygen atoms in total. The van der Waals surface area contributed by atoms with Crippen molar-refractivity contribution >= 4 is 21.8 Å². The van der Waals surface area contributed by atoms with Crippen molar-refractivity contribution in [3.63, 3.8) is 0 Å². The summed E-state index contributed by atoms with van der Waals surface area (Å²) in [5.41, 5.74) is 0.166. The number of fused-ring (bicyclic) bond motifs is 1. The van der Waals surface area contributed by atoms with E-state index in [1.165, 1.54) is 17.0 Å². The first-order valence-corrected chi connectivity index (χ1v) is 8.50. The van der Waals surface area contributed by atoms with Gasteiger partial charge in [-0.25, -0.2) is 12.7 Å². The van der Waals surface area contributed by atoms with E-state index in [9.17, 15) is 18.0 Å². The first-order chi connectivity index (χ1) is 10.3. The predicted molar refractivity (Wildman–Crippen MR) is 80.0 cm³/mol. The van der Waals surface area contributed by atoms with Crippen LogP contribution in [0.4, 0.5) is 0 Å². The highest BCUT2D eigenvalue weighted by Crippen LogP contribution is 2.29. The maximum Gasteiger partial charge on any atom is 0.269 e. The number of nitrogens with zero attached hydrogens (tertiary/aromatic N) is 1. The van der Waals surface area contributed by atoms with Crippen LogP contribution in [0.25, 0.3) is 0 Å². The van der Waals surface area contributed by atoms with Crippen molar-refractivity contribution in [2.45, 2.75) is 11.3 Å². The van der Waals surface area contributed by atoms with Crippen molar-refractivity contribution in [3.05, 3.63) is 29.8 Å². The van der Waals surface area contributed by atoms with Gasteiger partial charge in [0.25, 0.3) is 15.9 Å². The van der Waals surface area contributed by atoms with Crippen LogP contribution < -0.4 is 10.2 Å². The van der Waals surface area contributed by atoms with Gasteiger partial charge in [-0.1, -0.05) is 12.1 Å². The molecule has 0 unspecified atom stereocenters. The average molecular weight is 326 g/mol. The second kappa shape index (κ2) is 6.45. The van der Waals surface area contributed by atoms with Gasteiger partial charge in [0.15, 0.2) is 0 Å². The van der Waals surface area contributed by atoms with Gasteiger partial charge in [0, 0.05) is 13.0 Å². The summed E-state index contributed by atoms with van der Waals surface area (Å²) in [6.07, 6.45) is -0.0400. The molecule has 1 aromatic rings. The zero-order valence-electron chi connectivity index (χ0n) is 12.6. The summed E-state index contributed by atoms with van der Waals surface area (Å²) in [4.78, 5) is 25.1. The summed E-state index contributed by atoms with van der Waals surface area (Å²) in [7, 11) is 0.117. The number of carbonyl (C=O) groups excluding carboxylic acids is 2. The van der Waals surface area contributed by atoms with Gasteiger partial charge in [-0.15, -0.1) is 0 Å². The Morgan fingerprint density at radius 3 is 2.59 bits per heavy atom. The molecule has 0 bridgehead atoms. The Bertz CT molecular complexity index is 685. The number of amides is 2. The molecule has 0 saturated carbocycles. The normalized spacial score (nSPS) is 16.0. The van der Waals surface area contributed by atoms with E-state index in [4.69, 9.17) is 0 Å². The summed E-state index contributed by atoms with van der Waals surface area (Å²) >= 11 is 0. The lowest BCUT2D eigenvalue weighted by Crippen LogP contribution is -3.06. The third-order valence-corrected chi connectivity index (χ3v) is 5.24. The van der Waals surface area contributed by atoms with Crippen LogP contribution >= 0.6 is 0 Å². The summed E-state index contributed by atoms with van der Waals surface area (Å²) in [5.74, 6) is -0.832. The van der Waals surface area contributed by atoms with E-state index in [1.807, 2.05) is 14.1 Å². The smallest absolute Gasteiger partial charge is 0.269 e. The Morgan fingerprint density at radius 1 is 1.27 bits per heavy atom. The molecule has 2 rings (SSSR count). The molecule has 1 heterocycles. The minimum Gasteiger partial charge on any atom is -0.350 e. The van der Waals surface area contributed by atoms with Crippen molar-refractivity contribution < 1.29 is 22.9 Å². The minimum absolute atomic E-state index is 0.0108. The SMILES string of the molecule is C[NH+](C)CCNC(=O)CCN1C(=O)c2ccccc2S1(=O)=O. The molecule has 2 N–H and O–H groups in total. The van der Waals surface area contributed by atoms with Crippen LogP contribution in [0, 0.1) is 0 Å². The summed E-state index contributed by atoms with van der Waals surface area (Å²) in [6, 6.07) is 6.08. The second-order valence-corrected chi connectivity index (χ2v) is 7.27. The van der Waals surface area contributed by atoms with Crippen LogP contribution in [0.5, 0.6) is 0 Å². The standard InChI is InChI=1S/C14H19N3O4S/c1-16(2)10-8-15-13(18)7-9-17-14(19)11-5-3-4-6-12(11)22(17,20)21/h3-6H,7-10H2,1-2H3,(H,15,18)/p+1. The molecule has 0 atom stereocenters. The van der Waals surface area contributed by atoms with Crippen molar-refractivity contribution in [1.82, 2.24) is 9.62 Å². The van der Waals surface area contributed by atoms with Gasteiger partial charge in [0.05, 0.1) is 32.7 Å². The first-order valence-electron chi connectivity index (χ1n) is 7.06. The minimum atomic E-state index is -3.83. The number of benzene rings is 1. The fourth-order valence-corrected chi connectivity index (χ4v) is 3.77. The molecule has 0 saturated heterocycles. The fraction of sp³-hybridized carbons (Fsp3) is 0.429. The Labute approximate surface area is 129 Å². The number of carbonyl (C=O) groups is 2. The van der Waals surface area contributed by atoms with E-state index in [1.54, 1.807) is 12.1 Å². The van der Waals surface area contributed by atoms with E-state index in [-0.39, 0.29) is 29.3 Å². The first kappa shape index (κ1) is 16.4. The van der Waals surface area contributed by atoms with Gasteiger partial charge in [0.1, 0.15) is 4.90 Å². The molecule has 120 valence electrons. The van der Waals surface area contributed by atoms with Crippen molar-refractivity contribution in [2.24, 2.45) is 0 Å². The topological polar surface area (TPSA) is 88.0 Å². The molecule has 1 aliphatic heterocycles. The third kappa shape index (κ3) is 3.28. The summed E-state index contributed by atoms with van der Waals surface area (Å²) < 4.78 is 25.3. The van der Waals surface area contributed by atoms with E-state index in [2.05, 4.69) is 5.32 Å². The van der Waals surface area contributed by atoms with E-state index < -0.39 is 15.9 Å². The van der Waals surface area contributed by atoms with Crippen molar-refractivity contribution in [3.8, 4) is 0 Å². The fourth-order valence-electron chi connectivity index (χ4n) is 2.20. The molecular weight excluding hydrogens is 306 g/mol. The Hall–Kier alpha value is -1.93. The lowest BCUT2D eigenvalue weighted by molar-refractivity contribution is -0.856. The van der Waals surface area contributed by atoms with E-state index in [0.29, 0.717) is 6.54 Å². The monoisotopic (exact) mass is 326 g/mol. The molecular formula is C14H20N3O4S+. The number of sulfonamides is 1. The van der Waals surface area contributed by atoms with Crippen LogP contribution in [0.3, 0.4) is 0 Å². The van der Waals surface area contributed by atoms with Gasteiger partial charge >= 0.3 is 0 Å². The molecule has 0 aromatic heterocycles. The van der Waals surface area contributed by atoms with Gasteiger partial charge in [-0.3, -0.25) is 9.59 Å². The highest BCUT2D eigenvalue weighted by molar-refractivity contribution is 7.90. The highest BCUT2D eigenvalue weighted by atomic mass is 32.2. The molecule has 0 spiro atoms. The molecule has 1 aliphatic rings. The van der Waals surface area contributed by atoms with Crippen LogP contribution in [-0.2, 0) is 14.8 Å². The maximum atomic E-state index is 12.3. The van der Waals surface area contributed by atoms with Crippen LogP contribution in [0.1, 0.15) is 16.8 Å². The van der Waals surface area contributed by atoms with Gasteiger partial charge in [-0.05, 0) is 12.1 Å². The molecule has 2 amide bonds. The number of hydrogen-bond acceptors (Lipinski definition) is 4. The maximum absolute atomic E-state index is 12.3. The zero-order chi connectivity index (χ0) is 16.3. The van der Waals surface area contributed by atoms with Crippen LogP contribution in [-0.4, -0.2) is 58.3 Å². The molecule has 1 aromatic carbocycles. The van der Waals surface area contributed by atoms with Gasteiger partial charge in [0.2, 0.25) is 5.91 Å². The highest BCUT2D eigenvalue weighted by Gasteiger charge is 2.40. The number of quaternary nitrogens is 1. The predicted octanol–water partition coefficient (Wildman–Crippen LogP) is -1.52.